The highest BCUT2D eigenvalue weighted by atomic mass is 79.9. The molecule has 2 aliphatic heterocycles. The van der Waals surface area contributed by atoms with E-state index in [9.17, 15) is 0 Å². The van der Waals surface area contributed by atoms with Crippen molar-refractivity contribution in [3.05, 3.63) is 97.9 Å². The fourth-order valence-electron chi connectivity index (χ4n) is 4.01. The van der Waals surface area contributed by atoms with Crippen LogP contribution in [0.1, 0.15) is 47.9 Å². The van der Waals surface area contributed by atoms with Crippen LogP contribution in [0.2, 0.25) is 0 Å². The third-order valence-corrected chi connectivity index (χ3v) is 6.62. The van der Waals surface area contributed by atoms with Crippen molar-refractivity contribution in [3.63, 3.8) is 0 Å². The van der Waals surface area contributed by atoms with Crippen molar-refractivity contribution in [2.24, 2.45) is 5.10 Å². The van der Waals surface area contributed by atoms with Crippen molar-refractivity contribution in [2.75, 3.05) is 0 Å². The predicted octanol–water partition coefficient (Wildman–Crippen LogP) is 7.02. The number of hydrazone groups is 1. The molecule has 3 aromatic carbocycles. The lowest BCUT2D eigenvalue weighted by Crippen LogP contribution is -2.33. The molecule has 0 aliphatic carbocycles. The molecule has 2 atom stereocenters. The Bertz CT molecular complexity index is 1080. The number of hydrogen-bond acceptors (Lipinski definition) is 3. The van der Waals surface area contributed by atoms with E-state index in [0.29, 0.717) is 0 Å². The van der Waals surface area contributed by atoms with Gasteiger partial charge in [0.1, 0.15) is 5.75 Å². The van der Waals surface area contributed by atoms with E-state index in [1.54, 1.807) is 0 Å². The van der Waals surface area contributed by atoms with E-state index in [1.807, 2.05) is 6.07 Å². The summed E-state index contributed by atoms with van der Waals surface area (Å²) in [6.45, 7) is 2.17. The molecular formula is C24H20Br2N2O. The van der Waals surface area contributed by atoms with E-state index in [4.69, 9.17) is 9.84 Å². The first-order valence-corrected chi connectivity index (χ1v) is 11.4. The van der Waals surface area contributed by atoms with Crippen molar-refractivity contribution in [2.45, 2.75) is 32.0 Å². The van der Waals surface area contributed by atoms with E-state index in [2.05, 4.69) is 104 Å². The summed E-state index contributed by atoms with van der Waals surface area (Å²) < 4.78 is 8.59. The van der Waals surface area contributed by atoms with Gasteiger partial charge in [0.25, 0.3) is 0 Å². The maximum Gasteiger partial charge on any atom is 0.213 e. The van der Waals surface area contributed by atoms with Crippen molar-refractivity contribution in [1.82, 2.24) is 5.01 Å². The van der Waals surface area contributed by atoms with Crippen LogP contribution >= 0.6 is 31.9 Å². The molecule has 2 heterocycles. The number of hydrogen-bond donors (Lipinski definition) is 0. The fourth-order valence-corrected chi connectivity index (χ4v) is 4.66. The Morgan fingerprint density at radius 3 is 2.41 bits per heavy atom. The molecule has 0 spiro atoms. The second kappa shape index (κ2) is 7.62. The topological polar surface area (TPSA) is 24.8 Å². The van der Waals surface area contributed by atoms with Crippen LogP contribution in [0.5, 0.6) is 5.75 Å². The molecule has 0 unspecified atom stereocenters. The van der Waals surface area contributed by atoms with Gasteiger partial charge in [-0.1, -0.05) is 75.2 Å². The Morgan fingerprint density at radius 2 is 1.69 bits per heavy atom. The lowest BCUT2D eigenvalue weighted by atomic mass is 9.96. The molecule has 0 radical (unpaired) electrons. The molecule has 0 bridgehead atoms. The zero-order chi connectivity index (χ0) is 20.0. The second-order valence-corrected chi connectivity index (χ2v) is 9.23. The molecule has 0 aromatic heterocycles. The van der Waals surface area contributed by atoms with Crippen LogP contribution in [-0.2, 0) is 6.42 Å². The molecule has 146 valence electrons. The molecule has 0 saturated carbocycles. The smallest absolute Gasteiger partial charge is 0.213 e. The number of aryl methyl sites for hydroxylation is 1. The standard InChI is InChI=1S/C24H20Br2N2O/c1-2-15-3-5-17(6-4-15)24-28-22(20-13-19(26)11-12-23(20)29-24)14-21(27-28)16-7-9-18(25)10-8-16/h3-13,22,24H,2,14H2,1H3/t22-,24-/m1/s1. The van der Waals surface area contributed by atoms with Crippen molar-refractivity contribution in [1.29, 1.82) is 0 Å². The SMILES string of the molecule is CCc1ccc([C@H]2Oc3ccc(Br)cc3[C@H]3CC(c4ccc(Br)cc4)=NN32)cc1. The average molecular weight is 512 g/mol. The largest absolute Gasteiger partial charge is 0.464 e. The fraction of sp³-hybridized carbons (Fsp3) is 0.208. The number of fused-ring (bicyclic) bond motifs is 3. The summed E-state index contributed by atoms with van der Waals surface area (Å²) in [6, 6.07) is 23.5. The lowest BCUT2D eigenvalue weighted by molar-refractivity contribution is -0.0190. The Kier molecular flexibility index (Phi) is 4.96. The number of halogens is 2. The summed E-state index contributed by atoms with van der Waals surface area (Å²) in [5.41, 5.74) is 5.87. The van der Waals surface area contributed by atoms with Gasteiger partial charge in [-0.05, 0) is 47.9 Å². The van der Waals surface area contributed by atoms with Gasteiger partial charge in [0.05, 0.1) is 11.8 Å². The van der Waals surface area contributed by atoms with Gasteiger partial charge >= 0.3 is 0 Å². The molecule has 3 nitrogen and oxygen atoms in total. The summed E-state index contributed by atoms with van der Waals surface area (Å²) in [5, 5.41) is 7.17. The van der Waals surface area contributed by atoms with E-state index < -0.39 is 0 Å². The highest BCUT2D eigenvalue weighted by Crippen LogP contribution is 2.48. The minimum Gasteiger partial charge on any atom is -0.464 e. The normalized spacial score (nSPS) is 20.0. The Balaban J connectivity index is 1.58. The molecule has 29 heavy (non-hydrogen) atoms. The van der Waals surface area contributed by atoms with Crippen LogP contribution in [0, 0.1) is 0 Å². The van der Waals surface area contributed by atoms with Crippen LogP contribution in [-0.4, -0.2) is 10.7 Å². The maximum absolute atomic E-state index is 6.45. The second-order valence-electron chi connectivity index (χ2n) is 7.40. The van der Waals surface area contributed by atoms with Gasteiger partial charge in [-0.3, -0.25) is 0 Å². The lowest BCUT2D eigenvalue weighted by Gasteiger charge is -2.38. The van der Waals surface area contributed by atoms with Gasteiger partial charge in [-0.2, -0.15) is 5.10 Å². The molecule has 0 fully saturated rings. The third-order valence-electron chi connectivity index (χ3n) is 5.60. The van der Waals surface area contributed by atoms with E-state index >= 15 is 0 Å². The highest BCUT2D eigenvalue weighted by molar-refractivity contribution is 9.10. The van der Waals surface area contributed by atoms with Crippen LogP contribution in [0.25, 0.3) is 0 Å². The molecule has 3 aromatic rings. The first-order valence-electron chi connectivity index (χ1n) is 9.79. The van der Waals surface area contributed by atoms with Gasteiger partial charge in [-0.25, -0.2) is 5.01 Å². The van der Waals surface area contributed by atoms with Crippen LogP contribution in [0.15, 0.2) is 80.8 Å². The first kappa shape index (κ1) is 18.9. The summed E-state index contributed by atoms with van der Waals surface area (Å²) in [6.07, 6.45) is 1.66. The van der Waals surface area contributed by atoms with Gasteiger partial charge in [0.15, 0.2) is 0 Å². The maximum atomic E-state index is 6.45. The quantitative estimate of drug-likeness (QED) is 0.377. The molecule has 5 heteroatoms. The predicted molar refractivity (Wildman–Crippen MR) is 123 cm³/mol. The summed E-state index contributed by atoms with van der Waals surface area (Å²) in [7, 11) is 0. The molecule has 0 N–H and O–H groups in total. The Hall–Kier alpha value is -2.11. The minimum absolute atomic E-state index is 0.158. The van der Waals surface area contributed by atoms with Crippen LogP contribution < -0.4 is 4.74 Å². The highest BCUT2D eigenvalue weighted by Gasteiger charge is 2.41. The van der Waals surface area contributed by atoms with Crippen LogP contribution in [0.3, 0.4) is 0 Å². The molecule has 0 saturated heterocycles. The number of rotatable bonds is 3. The van der Waals surface area contributed by atoms with Gasteiger partial charge in [0.2, 0.25) is 6.23 Å². The molecule has 2 aliphatic rings. The van der Waals surface area contributed by atoms with Crippen molar-refractivity contribution < 1.29 is 4.74 Å². The van der Waals surface area contributed by atoms with Crippen LogP contribution in [0.4, 0.5) is 0 Å². The van der Waals surface area contributed by atoms with Gasteiger partial charge < -0.3 is 4.74 Å². The van der Waals surface area contributed by atoms with Gasteiger partial charge in [-0.15, -0.1) is 0 Å². The minimum atomic E-state index is -0.229. The molecule has 0 amide bonds. The summed E-state index contributed by atoms with van der Waals surface area (Å²) >= 11 is 7.14. The number of ether oxygens (including phenoxy) is 1. The summed E-state index contributed by atoms with van der Waals surface area (Å²) in [4.78, 5) is 0. The number of nitrogens with zero attached hydrogens (tertiary/aromatic N) is 2. The monoisotopic (exact) mass is 510 g/mol. The van der Waals surface area contributed by atoms with Crippen molar-refractivity contribution in [3.8, 4) is 5.75 Å². The van der Waals surface area contributed by atoms with Gasteiger partial charge in [0, 0.05) is 26.5 Å². The molecular weight excluding hydrogens is 492 g/mol. The average Bonchev–Trinajstić information content (AvgIpc) is 3.20. The summed E-state index contributed by atoms with van der Waals surface area (Å²) in [5.74, 6) is 0.936. The van der Waals surface area contributed by atoms with E-state index in [-0.39, 0.29) is 12.3 Å². The number of benzene rings is 3. The Morgan fingerprint density at radius 1 is 0.966 bits per heavy atom. The zero-order valence-corrected chi connectivity index (χ0v) is 19.2. The zero-order valence-electron chi connectivity index (χ0n) is 16.0. The Labute approximate surface area is 187 Å². The first-order chi connectivity index (χ1) is 14.1. The van der Waals surface area contributed by atoms with E-state index in [0.717, 1.165) is 44.4 Å². The third kappa shape index (κ3) is 3.51. The van der Waals surface area contributed by atoms with E-state index in [1.165, 1.54) is 11.1 Å². The molecule has 5 rings (SSSR count). The van der Waals surface area contributed by atoms with Crippen molar-refractivity contribution >= 4 is 37.6 Å².